The van der Waals surface area contributed by atoms with E-state index < -0.39 is 10.0 Å². The molecular formula is C10H9N3O3S. The zero-order valence-electron chi connectivity index (χ0n) is 8.99. The van der Waals surface area contributed by atoms with Crippen LogP contribution in [-0.2, 0) is 10.0 Å². The Balaban J connectivity index is 2.53. The highest BCUT2D eigenvalue weighted by atomic mass is 32.2. The first-order chi connectivity index (χ1) is 8.03. The second kappa shape index (κ2) is 4.10. The Morgan fingerprint density at radius 1 is 1.35 bits per heavy atom. The van der Waals surface area contributed by atoms with E-state index >= 15 is 0 Å². The topological polar surface area (TPSA) is 85.4 Å². The first kappa shape index (κ1) is 11.5. The second-order valence-corrected chi connectivity index (χ2v) is 4.94. The Morgan fingerprint density at radius 2 is 2.12 bits per heavy atom. The summed E-state index contributed by atoms with van der Waals surface area (Å²) < 4.78 is 31.3. The number of sulfonamides is 1. The molecule has 2 aromatic rings. The highest BCUT2D eigenvalue weighted by molar-refractivity contribution is 7.90. The van der Waals surface area contributed by atoms with Crippen molar-refractivity contribution in [1.82, 2.24) is 10.2 Å². The van der Waals surface area contributed by atoms with Crippen molar-refractivity contribution in [2.75, 3.05) is 0 Å². The summed E-state index contributed by atoms with van der Waals surface area (Å²) in [6.45, 7) is 4.68. The van der Waals surface area contributed by atoms with Gasteiger partial charge in [-0.05, 0) is 18.2 Å². The molecule has 0 aliphatic carbocycles. The van der Waals surface area contributed by atoms with Gasteiger partial charge in [0.1, 0.15) is 0 Å². The average Bonchev–Trinajstić information content (AvgIpc) is 2.76. The molecule has 1 heterocycles. The summed E-state index contributed by atoms with van der Waals surface area (Å²) in [4.78, 5) is 0.0425. The normalized spacial score (nSPS) is 11.4. The first-order valence-electron chi connectivity index (χ1n) is 4.66. The van der Waals surface area contributed by atoms with Crippen molar-refractivity contribution in [3.8, 4) is 11.5 Å². The van der Waals surface area contributed by atoms with Crippen LogP contribution in [0.15, 0.2) is 38.0 Å². The molecule has 0 aliphatic rings. The predicted molar refractivity (Wildman–Crippen MR) is 61.2 cm³/mol. The van der Waals surface area contributed by atoms with Gasteiger partial charge in [0.25, 0.3) is 10.0 Å². The summed E-state index contributed by atoms with van der Waals surface area (Å²) in [7, 11) is -3.70. The van der Waals surface area contributed by atoms with Crippen LogP contribution in [0.4, 0.5) is 0 Å². The van der Waals surface area contributed by atoms with Gasteiger partial charge >= 0.3 is 0 Å². The van der Waals surface area contributed by atoms with Gasteiger partial charge in [-0.1, -0.05) is 6.07 Å². The Morgan fingerprint density at radius 3 is 2.71 bits per heavy atom. The molecule has 6 nitrogen and oxygen atoms in total. The molecular weight excluding hydrogens is 242 g/mol. The van der Waals surface area contributed by atoms with Gasteiger partial charge in [0, 0.05) is 19.2 Å². The second-order valence-electron chi connectivity index (χ2n) is 3.26. The summed E-state index contributed by atoms with van der Waals surface area (Å²) in [5.41, 5.74) is 0.523. The van der Waals surface area contributed by atoms with Crippen LogP contribution in [0.2, 0.25) is 0 Å². The van der Waals surface area contributed by atoms with Crippen molar-refractivity contribution in [2.45, 2.75) is 11.8 Å². The predicted octanol–water partition coefficient (Wildman–Crippen LogP) is 1.43. The smallest absolute Gasteiger partial charge is 0.281 e. The van der Waals surface area contributed by atoms with Crippen molar-refractivity contribution in [3.05, 3.63) is 30.2 Å². The van der Waals surface area contributed by atoms with Gasteiger partial charge in [-0.25, -0.2) is 0 Å². The third-order valence-electron chi connectivity index (χ3n) is 2.07. The standard InChI is InChI=1S/C10H9N3O3S/c1-7-12-13-10(16-7)8-4-3-5-9(6-8)17(14,15)11-2/h3-6H,2H2,1H3. The molecule has 0 fully saturated rings. The summed E-state index contributed by atoms with van der Waals surface area (Å²) in [5.74, 6) is 0.679. The minimum Gasteiger partial charge on any atom is -0.421 e. The lowest BCUT2D eigenvalue weighted by molar-refractivity contribution is 0.532. The van der Waals surface area contributed by atoms with Crippen LogP contribution < -0.4 is 0 Å². The molecule has 17 heavy (non-hydrogen) atoms. The van der Waals surface area contributed by atoms with E-state index in [1.54, 1.807) is 19.1 Å². The third-order valence-corrected chi connectivity index (χ3v) is 3.26. The van der Waals surface area contributed by atoms with Gasteiger partial charge in [0.2, 0.25) is 11.8 Å². The van der Waals surface area contributed by atoms with Crippen molar-refractivity contribution in [3.63, 3.8) is 0 Å². The van der Waals surface area contributed by atoms with E-state index in [1.807, 2.05) is 0 Å². The maximum absolute atomic E-state index is 11.5. The lowest BCUT2D eigenvalue weighted by atomic mass is 10.2. The van der Waals surface area contributed by atoms with E-state index in [2.05, 4.69) is 21.3 Å². The van der Waals surface area contributed by atoms with Crippen LogP contribution in [0.1, 0.15) is 5.89 Å². The SMILES string of the molecule is C=NS(=O)(=O)c1cccc(-c2nnc(C)o2)c1. The molecule has 7 heteroatoms. The van der Waals surface area contributed by atoms with E-state index in [0.717, 1.165) is 0 Å². The van der Waals surface area contributed by atoms with Crippen molar-refractivity contribution in [1.29, 1.82) is 0 Å². The molecule has 0 unspecified atom stereocenters. The van der Waals surface area contributed by atoms with Gasteiger partial charge in [-0.2, -0.15) is 12.8 Å². The van der Waals surface area contributed by atoms with Crippen LogP contribution in [0.25, 0.3) is 11.5 Å². The van der Waals surface area contributed by atoms with Crippen molar-refractivity contribution >= 4 is 16.7 Å². The zero-order chi connectivity index (χ0) is 12.5. The number of aryl methyl sites for hydroxylation is 1. The van der Waals surface area contributed by atoms with E-state index in [4.69, 9.17) is 4.42 Å². The molecule has 0 saturated carbocycles. The monoisotopic (exact) mass is 251 g/mol. The molecule has 0 atom stereocenters. The van der Waals surface area contributed by atoms with Gasteiger partial charge in [0.05, 0.1) is 4.90 Å². The fraction of sp³-hybridized carbons (Fsp3) is 0.100. The maximum atomic E-state index is 11.5. The molecule has 0 aliphatic heterocycles. The molecule has 1 aromatic carbocycles. The molecule has 0 saturated heterocycles. The van der Waals surface area contributed by atoms with Crippen LogP contribution in [0, 0.1) is 6.92 Å². The molecule has 0 amide bonds. The van der Waals surface area contributed by atoms with Crippen molar-refractivity contribution < 1.29 is 12.8 Å². The van der Waals surface area contributed by atoms with Gasteiger partial charge in [-0.3, -0.25) is 0 Å². The number of hydrogen-bond donors (Lipinski definition) is 0. The minimum absolute atomic E-state index is 0.0425. The minimum atomic E-state index is -3.70. The number of benzene rings is 1. The summed E-state index contributed by atoms with van der Waals surface area (Å²) in [6, 6.07) is 6.09. The molecule has 0 bridgehead atoms. The van der Waals surface area contributed by atoms with Gasteiger partial charge in [0.15, 0.2) is 0 Å². The summed E-state index contributed by atoms with van der Waals surface area (Å²) in [6.07, 6.45) is 0. The molecule has 2 rings (SSSR count). The molecule has 0 radical (unpaired) electrons. The Hall–Kier alpha value is -2.02. The van der Waals surface area contributed by atoms with E-state index in [9.17, 15) is 8.42 Å². The number of aromatic nitrogens is 2. The lowest BCUT2D eigenvalue weighted by Crippen LogP contribution is -1.95. The first-order valence-corrected chi connectivity index (χ1v) is 6.10. The molecule has 0 N–H and O–H groups in total. The Labute approximate surface area is 98.1 Å². The van der Waals surface area contributed by atoms with Gasteiger partial charge in [-0.15, -0.1) is 10.2 Å². The van der Waals surface area contributed by atoms with Crippen LogP contribution in [-0.4, -0.2) is 25.3 Å². The molecule has 88 valence electrons. The maximum Gasteiger partial charge on any atom is 0.281 e. The van der Waals surface area contributed by atoms with Crippen LogP contribution in [0.3, 0.4) is 0 Å². The molecule has 1 aromatic heterocycles. The summed E-state index contributed by atoms with van der Waals surface area (Å²) in [5, 5.41) is 7.48. The lowest BCUT2D eigenvalue weighted by Gasteiger charge is -1.99. The van der Waals surface area contributed by atoms with Crippen LogP contribution in [0.5, 0.6) is 0 Å². The fourth-order valence-electron chi connectivity index (χ4n) is 1.28. The summed E-state index contributed by atoms with van der Waals surface area (Å²) >= 11 is 0. The quantitative estimate of drug-likeness (QED) is 0.770. The third kappa shape index (κ3) is 2.23. The average molecular weight is 251 g/mol. The highest BCUT2D eigenvalue weighted by Crippen LogP contribution is 2.21. The van der Waals surface area contributed by atoms with E-state index in [-0.39, 0.29) is 10.8 Å². The number of hydrogen-bond acceptors (Lipinski definition) is 5. The van der Waals surface area contributed by atoms with E-state index in [0.29, 0.717) is 11.5 Å². The largest absolute Gasteiger partial charge is 0.421 e. The van der Waals surface area contributed by atoms with Crippen molar-refractivity contribution in [2.24, 2.45) is 4.40 Å². The Bertz CT molecular complexity index is 661. The fourth-order valence-corrected chi connectivity index (χ4v) is 1.95. The highest BCUT2D eigenvalue weighted by Gasteiger charge is 2.13. The Kier molecular flexibility index (Phi) is 2.76. The number of nitrogens with zero attached hydrogens (tertiary/aromatic N) is 3. The van der Waals surface area contributed by atoms with Gasteiger partial charge < -0.3 is 4.42 Å². The van der Waals surface area contributed by atoms with E-state index in [1.165, 1.54) is 12.1 Å². The zero-order valence-corrected chi connectivity index (χ0v) is 9.81. The molecule has 0 spiro atoms. The number of rotatable bonds is 3. The van der Waals surface area contributed by atoms with Crippen LogP contribution >= 0.6 is 0 Å².